The third kappa shape index (κ3) is 4.81. The summed E-state index contributed by atoms with van der Waals surface area (Å²) in [6.07, 6.45) is 5.82. The van der Waals surface area contributed by atoms with Crippen molar-refractivity contribution < 1.29 is 5.11 Å². The van der Waals surface area contributed by atoms with Gasteiger partial charge in [0.05, 0.1) is 24.7 Å². The van der Waals surface area contributed by atoms with Crippen LogP contribution in [0.4, 0.5) is 5.82 Å². The van der Waals surface area contributed by atoms with Gasteiger partial charge in [-0.05, 0) is 37.4 Å². The first-order valence-corrected chi connectivity index (χ1v) is 10.3. The Kier molecular flexibility index (Phi) is 6.17. The summed E-state index contributed by atoms with van der Waals surface area (Å²) in [6.45, 7) is 4.31. The summed E-state index contributed by atoms with van der Waals surface area (Å²) in [5.41, 5.74) is 4.38. The zero-order chi connectivity index (χ0) is 20.1. The smallest absolute Gasteiger partial charge is 0.145 e. The lowest BCUT2D eigenvalue weighted by molar-refractivity contribution is 0.153. The van der Waals surface area contributed by atoms with Gasteiger partial charge in [-0.1, -0.05) is 54.6 Å². The van der Waals surface area contributed by atoms with Crippen molar-refractivity contribution in [2.24, 2.45) is 0 Å². The van der Waals surface area contributed by atoms with Gasteiger partial charge in [0.25, 0.3) is 0 Å². The first-order valence-electron chi connectivity index (χ1n) is 10.3. The predicted octanol–water partition coefficient (Wildman–Crippen LogP) is 4.27. The van der Waals surface area contributed by atoms with Crippen LogP contribution in [0.2, 0.25) is 0 Å². The van der Waals surface area contributed by atoms with E-state index in [1.54, 1.807) is 12.4 Å². The lowest BCUT2D eigenvalue weighted by atomic mass is 10.1. The largest absolute Gasteiger partial charge is 0.395 e. The van der Waals surface area contributed by atoms with Gasteiger partial charge in [-0.2, -0.15) is 0 Å². The molecule has 1 aromatic heterocycles. The quantitative estimate of drug-likeness (QED) is 0.633. The summed E-state index contributed by atoms with van der Waals surface area (Å²) in [5.74, 6) is 0.769. The summed E-state index contributed by atoms with van der Waals surface area (Å²) < 4.78 is 0. The molecule has 150 valence electrons. The molecule has 0 aliphatic carbocycles. The Labute approximate surface area is 172 Å². The van der Waals surface area contributed by atoms with Crippen LogP contribution in [0.5, 0.6) is 0 Å². The van der Waals surface area contributed by atoms with Gasteiger partial charge in [0.15, 0.2) is 0 Å². The number of nitrogens with zero attached hydrogens (tertiary/aromatic N) is 3. The molecule has 0 amide bonds. The van der Waals surface area contributed by atoms with Crippen LogP contribution in [0.25, 0.3) is 11.3 Å². The number of nitrogens with one attached hydrogen (secondary N) is 1. The van der Waals surface area contributed by atoms with Crippen molar-refractivity contribution in [2.75, 3.05) is 18.5 Å². The van der Waals surface area contributed by atoms with Crippen molar-refractivity contribution in [1.82, 2.24) is 14.9 Å². The molecule has 0 spiro atoms. The normalized spacial score (nSPS) is 17.9. The highest BCUT2D eigenvalue weighted by atomic mass is 16.3. The molecule has 5 heteroatoms. The molecule has 0 bridgehead atoms. The zero-order valence-electron chi connectivity index (χ0n) is 16.8. The summed E-state index contributed by atoms with van der Waals surface area (Å²) in [6, 6.07) is 19.3. The molecule has 1 aliphatic heterocycles. The summed E-state index contributed by atoms with van der Waals surface area (Å²) in [7, 11) is 0. The van der Waals surface area contributed by atoms with E-state index in [1.807, 2.05) is 18.2 Å². The maximum absolute atomic E-state index is 9.51. The van der Waals surface area contributed by atoms with Crippen LogP contribution in [0.3, 0.4) is 0 Å². The van der Waals surface area contributed by atoms with Crippen LogP contribution >= 0.6 is 0 Å². The van der Waals surface area contributed by atoms with E-state index in [0.29, 0.717) is 6.04 Å². The van der Waals surface area contributed by atoms with Gasteiger partial charge in [-0.15, -0.1) is 0 Å². The molecular weight excluding hydrogens is 360 g/mol. The highest BCUT2D eigenvalue weighted by Crippen LogP contribution is 2.23. The van der Waals surface area contributed by atoms with Crippen molar-refractivity contribution in [3.05, 3.63) is 78.1 Å². The van der Waals surface area contributed by atoms with E-state index in [9.17, 15) is 5.11 Å². The van der Waals surface area contributed by atoms with Gasteiger partial charge >= 0.3 is 0 Å². The lowest BCUT2D eigenvalue weighted by Crippen LogP contribution is -2.31. The van der Waals surface area contributed by atoms with Crippen LogP contribution in [0, 0.1) is 0 Å². The summed E-state index contributed by atoms with van der Waals surface area (Å²) in [5, 5.41) is 12.9. The molecule has 3 aromatic rings. The molecule has 2 aromatic carbocycles. The molecule has 2 N–H and O–H groups in total. The third-order valence-corrected chi connectivity index (χ3v) is 5.64. The molecule has 4 rings (SSSR count). The van der Waals surface area contributed by atoms with Crippen molar-refractivity contribution in [3.63, 3.8) is 0 Å². The van der Waals surface area contributed by atoms with Gasteiger partial charge in [0, 0.05) is 24.2 Å². The highest BCUT2D eigenvalue weighted by molar-refractivity contribution is 5.60. The van der Waals surface area contributed by atoms with Gasteiger partial charge in [-0.25, -0.2) is 4.98 Å². The predicted molar refractivity (Wildman–Crippen MR) is 116 cm³/mol. The number of aromatic nitrogens is 2. The van der Waals surface area contributed by atoms with E-state index in [4.69, 9.17) is 4.98 Å². The minimum Gasteiger partial charge on any atom is -0.395 e. The Morgan fingerprint density at radius 3 is 2.66 bits per heavy atom. The number of hydrogen-bond acceptors (Lipinski definition) is 5. The average molecular weight is 389 g/mol. The monoisotopic (exact) mass is 388 g/mol. The minimum absolute atomic E-state index is 0.156. The molecule has 0 saturated carbocycles. The van der Waals surface area contributed by atoms with Crippen LogP contribution in [-0.4, -0.2) is 39.2 Å². The SMILES string of the molecule is CC(Nc1cncc(-c2ccc(CN3CCC[C@H]3CO)cc2)n1)c1ccccc1. The first-order chi connectivity index (χ1) is 14.2. The molecule has 2 heterocycles. The fourth-order valence-electron chi connectivity index (χ4n) is 3.95. The Morgan fingerprint density at radius 1 is 1.10 bits per heavy atom. The van der Waals surface area contributed by atoms with Crippen LogP contribution in [0.1, 0.15) is 36.9 Å². The van der Waals surface area contributed by atoms with E-state index < -0.39 is 0 Å². The number of anilines is 1. The van der Waals surface area contributed by atoms with Gasteiger partial charge in [-0.3, -0.25) is 9.88 Å². The minimum atomic E-state index is 0.156. The molecular formula is C24H28N4O. The molecule has 1 aliphatic rings. The van der Waals surface area contributed by atoms with E-state index >= 15 is 0 Å². The van der Waals surface area contributed by atoms with E-state index in [-0.39, 0.29) is 12.6 Å². The van der Waals surface area contributed by atoms with Crippen molar-refractivity contribution >= 4 is 5.82 Å². The summed E-state index contributed by atoms with van der Waals surface area (Å²) in [4.78, 5) is 11.5. The zero-order valence-corrected chi connectivity index (χ0v) is 16.8. The third-order valence-electron chi connectivity index (χ3n) is 5.64. The number of aliphatic hydroxyl groups excluding tert-OH is 1. The van der Waals surface area contributed by atoms with Crippen LogP contribution < -0.4 is 5.32 Å². The Hall–Kier alpha value is -2.76. The fraction of sp³-hybridized carbons (Fsp3) is 0.333. The topological polar surface area (TPSA) is 61.3 Å². The second-order valence-corrected chi connectivity index (χ2v) is 7.71. The Morgan fingerprint density at radius 2 is 1.90 bits per heavy atom. The van der Waals surface area contributed by atoms with E-state index in [0.717, 1.165) is 36.6 Å². The first kappa shape index (κ1) is 19.6. The number of aliphatic hydroxyl groups is 1. The Bertz CT molecular complexity index is 914. The maximum Gasteiger partial charge on any atom is 0.145 e. The average Bonchev–Trinajstić information content (AvgIpc) is 3.22. The van der Waals surface area contributed by atoms with Crippen molar-refractivity contribution in [1.29, 1.82) is 0 Å². The summed E-state index contributed by atoms with van der Waals surface area (Å²) >= 11 is 0. The second kappa shape index (κ2) is 9.16. The fourth-order valence-corrected chi connectivity index (χ4v) is 3.95. The molecule has 0 radical (unpaired) electrons. The number of hydrogen-bond donors (Lipinski definition) is 2. The standard InChI is InChI=1S/C24H28N4O/c1-18(20-6-3-2-4-7-20)26-24-15-25-14-23(27-24)21-11-9-19(10-12-21)16-28-13-5-8-22(28)17-29/h2-4,6-7,9-12,14-15,18,22,29H,5,8,13,16-17H2,1H3,(H,26,27)/t18?,22-/m0/s1. The number of benzene rings is 2. The molecule has 1 unspecified atom stereocenters. The van der Waals surface area contributed by atoms with E-state index in [1.165, 1.54) is 17.5 Å². The Balaban J connectivity index is 1.44. The molecule has 1 saturated heterocycles. The van der Waals surface area contributed by atoms with E-state index in [2.05, 4.69) is 58.5 Å². The van der Waals surface area contributed by atoms with Crippen molar-refractivity contribution in [3.8, 4) is 11.3 Å². The number of likely N-dealkylation sites (tertiary alicyclic amines) is 1. The van der Waals surface area contributed by atoms with Crippen LogP contribution in [-0.2, 0) is 6.54 Å². The number of rotatable bonds is 7. The molecule has 29 heavy (non-hydrogen) atoms. The molecule has 5 nitrogen and oxygen atoms in total. The van der Waals surface area contributed by atoms with Crippen LogP contribution in [0.15, 0.2) is 67.0 Å². The molecule has 1 fully saturated rings. The van der Waals surface area contributed by atoms with Gasteiger partial charge < -0.3 is 10.4 Å². The van der Waals surface area contributed by atoms with Gasteiger partial charge in [0.2, 0.25) is 0 Å². The second-order valence-electron chi connectivity index (χ2n) is 7.71. The van der Waals surface area contributed by atoms with Gasteiger partial charge in [0.1, 0.15) is 5.82 Å². The lowest BCUT2D eigenvalue weighted by Gasteiger charge is -2.22. The maximum atomic E-state index is 9.51. The highest BCUT2D eigenvalue weighted by Gasteiger charge is 2.23. The molecule has 2 atom stereocenters. The van der Waals surface area contributed by atoms with Crippen molar-refractivity contribution in [2.45, 2.75) is 38.4 Å².